The van der Waals surface area contributed by atoms with E-state index in [9.17, 15) is 5.11 Å². The van der Waals surface area contributed by atoms with E-state index in [4.69, 9.17) is 4.74 Å². The van der Waals surface area contributed by atoms with Crippen molar-refractivity contribution in [1.29, 1.82) is 0 Å². The molecule has 1 N–H and O–H groups in total. The number of likely N-dealkylation sites (N-methyl/N-ethyl adjacent to an activating group) is 1. The maximum absolute atomic E-state index is 9.60. The Morgan fingerprint density at radius 3 is 2.08 bits per heavy atom. The molecule has 3 fully saturated rings. The van der Waals surface area contributed by atoms with Crippen LogP contribution in [0.4, 0.5) is 0 Å². The fourth-order valence-electron chi connectivity index (χ4n) is 3.22. The molecule has 0 radical (unpaired) electrons. The average molecular weight is 297 g/mol. The van der Waals surface area contributed by atoms with Crippen LogP contribution in [0.25, 0.3) is 0 Å². The van der Waals surface area contributed by atoms with Crippen LogP contribution in [0.1, 0.15) is 12.8 Å². The summed E-state index contributed by atoms with van der Waals surface area (Å²) in [6, 6.07) is 1.12. The summed E-state index contributed by atoms with van der Waals surface area (Å²) >= 11 is 0. The molecule has 0 spiro atoms. The van der Waals surface area contributed by atoms with Crippen LogP contribution in [0, 0.1) is 0 Å². The molecule has 0 saturated carbocycles. The molecule has 4 heteroatoms. The topological polar surface area (TPSA) is 32.8 Å². The predicted octanol–water partition coefficient (Wildman–Crippen LogP) is -3.26. The molecule has 3 aliphatic heterocycles. The van der Waals surface area contributed by atoms with Gasteiger partial charge >= 0.3 is 0 Å². The normalized spacial score (nSPS) is 55.2. The molecule has 3 saturated heterocycles. The van der Waals surface area contributed by atoms with Crippen molar-refractivity contribution >= 4 is 0 Å². The molecule has 5 atom stereocenters. The van der Waals surface area contributed by atoms with Gasteiger partial charge in [-0.15, -0.1) is 0 Å². The van der Waals surface area contributed by atoms with Crippen molar-refractivity contribution < 1.29 is 38.3 Å². The molecule has 76 valence electrons. The number of ether oxygens (including phenoxy) is 1. The van der Waals surface area contributed by atoms with Crippen molar-refractivity contribution in [2.24, 2.45) is 0 Å². The number of hydrogen-bond acceptors (Lipinski definition) is 2. The zero-order valence-electron chi connectivity index (χ0n) is 7.98. The number of epoxide rings is 1. The third kappa shape index (κ3) is 1.19. The van der Waals surface area contributed by atoms with E-state index in [1.165, 1.54) is 0 Å². The Morgan fingerprint density at radius 2 is 1.62 bits per heavy atom. The van der Waals surface area contributed by atoms with Crippen LogP contribution in [0.15, 0.2) is 0 Å². The Balaban J connectivity index is 0.000000653. The lowest BCUT2D eigenvalue weighted by Gasteiger charge is -2.44. The first-order valence-electron chi connectivity index (χ1n) is 4.77. The number of fused-ring (bicyclic) bond motifs is 5. The summed E-state index contributed by atoms with van der Waals surface area (Å²) in [7, 11) is 4.55. The molecule has 0 aromatic carbocycles. The lowest BCUT2D eigenvalue weighted by atomic mass is 9.97. The van der Waals surface area contributed by atoms with Crippen LogP contribution in [-0.4, -0.2) is 54.1 Å². The number of piperidine rings is 1. The van der Waals surface area contributed by atoms with E-state index in [0.29, 0.717) is 24.3 Å². The molecule has 3 heterocycles. The molecule has 3 rings (SSSR count). The van der Waals surface area contributed by atoms with Gasteiger partial charge in [0, 0.05) is 12.8 Å². The Bertz CT molecular complexity index is 214. The number of quaternary nitrogens is 1. The molecular weight excluding hydrogens is 281 g/mol. The minimum Gasteiger partial charge on any atom is -1.00 e. The van der Waals surface area contributed by atoms with E-state index in [-0.39, 0.29) is 30.1 Å². The number of aliphatic hydroxyl groups is 1. The van der Waals surface area contributed by atoms with Crippen LogP contribution in [0.3, 0.4) is 0 Å². The van der Waals surface area contributed by atoms with E-state index in [2.05, 4.69) is 14.1 Å². The van der Waals surface area contributed by atoms with Crippen LogP contribution in [0.2, 0.25) is 0 Å². The highest BCUT2D eigenvalue weighted by Gasteiger charge is 2.70. The first-order chi connectivity index (χ1) is 5.60. The van der Waals surface area contributed by atoms with E-state index >= 15 is 0 Å². The van der Waals surface area contributed by atoms with Crippen molar-refractivity contribution in [2.75, 3.05) is 14.1 Å². The van der Waals surface area contributed by atoms with Gasteiger partial charge in [0.1, 0.15) is 24.3 Å². The largest absolute Gasteiger partial charge is 1.00 e. The summed E-state index contributed by atoms with van der Waals surface area (Å²) < 4.78 is 6.65. The van der Waals surface area contributed by atoms with Crippen LogP contribution in [0.5, 0.6) is 0 Å². The van der Waals surface area contributed by atoms with Gasteiger partial charge in [-0.1, -0.05) is 0 Å². The third-order valence-corrected chi connectivity index (χ3v) is 4.06. The number of aliphatic hydroxyl groups excluding tert-OH is 1. The highest BCUT2D eigenvalue weighted by molar-refractivity contribution is 5.07. The minimum atomic E-state index is -0.0671. The molecule has 3 nitrogen and oxygen atoms in total. The summed E-state index contributed by atoms with van der Waals surface area (Å²) in [4.78, 5) is 0. The fraction of sp³-hybridized carbons (Fsp3) is 1.00. The maximum Gasteiger partial charge on any atom is 0.142 e. The quantitative estimate of drug-likeness (QED) is 0.289. The van der Waals surface area contributed by atoms with E-state index in [1.54, 1.807) is 0 Å². The van der Waals surface area contributed by atoms with Crippen molar-refractivity contribution in [3.63, 3.8) is 0 Å². The maximum atomic E-state index is 9.60. The van der Waals surface area contributed by atoms with Gasteiger partial charge in [0.25, 0.3) is 0 Å². The van der Waals surface area contributed by atoms with Gasteiger partial charge in [0.05, 0.1) is 20.2 Å². The molecule has 0 aromatic heterocycles. The standard InChI is InChI=1S/C9H16NO2.HI/c1-10(2)6-3-5(11)4-7(10)9-8(6)12-9;/h5-9,11H,3-4H2,1-2H3;1H/q+1;/p-1/t5?,6-,7+,8-,9+;. The lowest BCUT2D eigenvalue weighted by Crippen LogP contribution is -3.00. The second kappa shape index (κ2) is 2.81. The van der Waals surface area contributed by atoms with Gasteiger partial charge in [0.15, 0.2) is 0 Å². The van der Waals surface area contributed by atoms with E-state index < -0.39 is 0 Å². The molecule has 0 aromatic rings. The molecular formula is C9H16INO2. The molecule has 1 unspecified atom stereocenters. The third-order valence-electron chi connectivity index (χ3n) is 4.06. The molecule has 13 heavy (non-hydrogen) atoms. The highest BCUT2D eigenvalue weighted by Crippen LogP contribution is 2.50. The van der Waals surface area contributed by atoms with Gasteiger partial charge in [-0.3, -0.25) is 0 Å². The highest BCUT2D eigenvalue weighted by atomic mass is 127. The van der Waals surface area contributed by atoms with Gasteiger partial charge in [-0.25, -0.2) is 0 Å². The smallest absolute Gasteiger partial charge is 0.142 e. The van der Waals surface area contributed by atoms with Gasteiger partial charge in [-0.05, 0) is 0 Å². The number of hydrogen-bond donors (Lipinski definition) is 1. The molecule has 3 aliphatic rings. The Kier molecular flexibility index (Phi) is 2.19. The van der Waals surface area contributed by atoms with Gasteiger partial charge in [-0.2, -0.15) is 0 Å². The second-order valence-corrected chi connectivity index (χ2v) is 4.95. The molecule has 0 aliphatic carbocycles. The number of halogens is 1. The van der Waals surface area contributed by atoms with Gasteiger partial charge < -0.3 is 38.3 Å². The van der Waals surface area contributed by atoms with E-state index in [0.717, 1.165) is 17.3 Å². The molecule has 2 bridgehead atoms. The Morgan fingerprint density at radius 1 is 1.15 bits per heavy atom. The summed E-state index contributed by atoms with van der Waals surface area (Å²) in [5, 5.41) is 9.60. The van der Waals surface area contributed by atoms with Crippen LogP contribution in [-0.2, 0) is 4.74 Å². The Hall–Kier alpha value is 0.610. The lowest BCUT2D eigenvalue weighted by molar-refractivity contribution is -0.938. The SMILES string of the molecule is C[N+]1(C)[C@@H]2CC(O)C[C@H]1[C@@H]1O[C@@H]12.[I-]. The first-order valence-corrected chi connectivity index (χ1v) is 4.77. The van der Waals surface area contributed by atoms with Gasteiger partial charge in [0.2, 0.25) is 0 Å². The second-order valence-electron chi connectivity index (χ2n) is 4.95. The number of rotatable bonds is 0. The minimum absolute atomic E-state index is 0. The zero-order valence-corrected chi connectivity index (χ0v) is 10.1. The Labute approximate surface area is 95.7 Å². The van der Waals surface area contributed by atoms with Crippen molar-refractivity contribution in [3.8, 4) is 0 Å². The number of nitrogens with zero attached hydrogens (tertiary/aromatic N) is 1. The van der Waals surface area contributed by atoms with Crippen molar-refractivity contribution in [1.82, 2.24) is 0 Å². The fourth-order valence-corrected chi connectivity index (χ4v) is 3.22. The number of morpholine rings is 1. The molecule has 0 amide bonds. The van der Waals surface area contributed by atoms with E-state index in [1.807, 2.05) is 0 Å². The first kappa shape index (κ1) is 10.1. The monoisotopic (exact) mass is 297 g/mol. The predicted molar refractivity (Wildman–Crippen MR) is 43.6 cm³/mol. The summed E-state index contributed by atoms with van der Waals surface area (Å²) in [5.74, 6) is 0. The summed E-state index contributed by atoms with van der Waals surface area (Å²) in [6.45, 7) is 0. The average Bonchev–Trinajstić information content (AvgIpc) is 2.66. The van der Waals surface area contributed by atoms with Crippen molar-refractivity contribution in [3.05, 3.63) is 0 Å². The zero-order chi connectivity index (χ0) is 8.51. The van der Waals surface area contributed by atoms with Crippen LogP contribution >= 0.6 is 0 Å². The summed E-state index contributed by atoms with van der Waals surface area (Å²) in [5.41, 5.74) is 0. The van der Waals surface area contributed by atoms with Crippen molar-refractivity contribution in [2.45, 2.75) is 43.2 Å². The van der Waals surface area contributed by atoms with Crippen LogP contribution < -0.4 is 24.0 Å². The summed E-state index contributed by atoms with van der Waals surface area (Å²) in [6.07, 6.45) is 2.75.